The van der Waals surface area contributed by atoms with Crippen molar-refractivity contribution in [3.8, 4) is 0 Å². The Morgan fingerprint density at radius 3 is 3.00 bits per heavy atom. The van der Waals surface area contributed by atoms with Crippen LogP contribution in [-0.4, -0.2) is 54.5 Å². The quantitative estimate of drug-likeness (QED) is 0.218. The zero-order valence-electron chi connectivity index (χ0n) is 14.1. The van der Waals surface area contributed by atoms with E-state index in [1.165, 1.54) is 18.9 Å². The second-order valence-electron chi connectivity index (χ2n) is 5.78. The van der Waals surface area contributed by atoms with Gasteiger partial charge < -0.3 is 16.4 Å². The zero-order chi connectivity index (χ0) is 17.4. The predicted octanol–water partition coefficient (Wildman–Crippen LogP) is 1.40. The maximum atomic E-state index is 10.9. The molecule has 132 valence electrons. The van der Waals surface area contributed by atoms with Crippen LogP contribution in [0.15, 0.2) is 29.3 Å². The Bertz CT molecular complexity index is 577. The molecule has 24 heavy (non-hydrogen) atoms. The molecule has 1 fully saturated rings. The standard InChI is InChI=1S/C16H26N6O2/c1-2-21-11-5-6-13(21)12-20-16(17)19-10-9-18-14-7-3-4-8-15(14)22(23)24/h3-4,7-8,13,18H,2,5-6,9-12H2,1H3,(H3,17,19,20). The van der Waals surface area contributed by atoms with Crippen LogP contribution < -0.4 is 16.4 Å². The number of rotatable bonds is 8. The molecule has 1 saturated heterocycles. The first-order valence-electron chi connectivity index (χ1n) is 8.37. The summed E-state index contributed by atoms with van der Waals surface area (Å²) in [5, 5.41) is 17.0. The number of para-hydroxylation sites is 2. The summed E-state index contributed by atoms with van der Waals surface area (Å²) in [6, 6.07) is 7.07. The largest absolute Gasteiger partial charge is 0.378 e. The summed E-state index contributed by atoms with van der Waals surface area (Å²) < 4.78 is 0. The minimum atomic E-state index is -0.396. The molecular formula is C16H26N6O2. The van der Waals surface area contributed by atoms with E-state index in [1.807, 2.05) is 0 Å². The maximum Gasteiger partial charge on any atom is 0.292 e. The number of likely N-dealkylation sites (N-methyl/N-ethyl adjacent to an activating group) is 1. The fraction of sp³-hybridized carbons (Fsp3) is 0.562. The van der Waals surface area contributed by atoms with E-state index in [9.17, 15) is 10.1 Å². The summed E-state index contributed by atoms with van der Waals surface area (Å²) in [5.41, 5.74) is 6.45. The van der Waals surface area contributed by atoms with Crippen LogP contribution in [0, 0.1) is 10.1 Å². The lowest BCUT2D eigenvalue weighted by Crippen LogP contribution is -2.37. The van der Waals surface area contributed by atoms with Gasteiger partial charge in [0.15, 0.2) is 5.96 Å². The minimum Gasteiger partial charge on any atom is -0.378 e. The van der Waals surface area contributed by atoms with Gasteiger partial charge in [-0.15, -0.1) is 0 Å². The van der Waals surface area contributed by atoms with E-state index < -0.39 is 4.92 Å². The molecule has 0 saturated carbocycles. The Labute approximate surface area is 142 Å². The highest BCUT2D eigenvalue weighted by Gasteiger charge is 2.22. The molecular weight excluding hydrogens is 308 g/mol. The van der Waals surface area contributed by atoms with E-state index in [4.69, 9.17) is 5.73 Å². The molecule has 8 heteroatoms. The van der Waals surface area contributed by atoms with E-state index in [0.717, 1.165) is 13.1 Å². The molecule has 0 aromatic heterocycles. The van der Waals surface area contributed by atoms with Crippen molar-refractivity contribution < 1.29 is 4.92 Å². The van der Waals surface area contributed by atoms with Crippen LogP contribution in [0.1, 0.15) is 19.8 Å². The number of nitro benzene ring substituents is 1. The molecule has 1 aliphatic heterocycles. The van der Waals surface area contributed by atoms with Crippen LogP contribution in [0.25, 0.3) is 0 Å². The van der Waals surface area contributed by atoms with Crippen molar-refractivity contribution in [2.45, 2.75) is 25.8 Å². The first kappa shape index (κ1) is 18.0. The molecule has 2 rings (SSSR count). The van der Waals surface area contributed by atoms with Gasteiger partial charge in [0, 0.05) is 25.2 Å². The van der Waals surface area contributed by atoms with Crippen LogP contribution in [-0.2, 0) is 0 Å². The second-order valence-corrected chi connectivity index (χ2v) is 5.78. The molecule has 8 nitrogen and oxygen atoms in total. The van der Waals surface area contributed by atoms with Crippen LogP contribution in [0.3, 0.4) is 0 Å². The third-order valence-corrected chi connectivity index (χ3v) is 4.22. The van der Waals surface area contributed by atoms with Gasteiger partial charge >= 0.3 is 0 Å². The summed E-state index contributed by atoms with van der Waals surface area (Å²) in [5.74, 6) is 0.419. The van der Waals surface area contributed by atoms with E-state index in [-0.39, 0.29) is 5.69 Å². The molecule has 1 atom stereocenters. The number of nitrogens with zero attached hydrogens (tertiary/aromatic N) is 3. The SMILES string of the molecule is CCN1CCCC1CN=C(N)NCCNc1ccccc1[N+](=O)[O-]. The van der Waals surface area contributed by atoms with E-state index in [1.54, 1.807) is 18.2 Å². The number of anilines is 1. The molecule has 0 radical (unpaired) electrons. The fourth-order valence-corrected chi connectivity index (χ4v) is 2.95. The Morgan fingerprint density at radius 2 is 2.25 bits per heavy atom. The summed E-state index contributed by atoms with van der Waals surface area (Å²) in [6.07, 6.45) is 2.39. The molecule has 4 N–H and O–H groups in total. The van der Waals surface area contributed by atoms with E-state index in [0.29, 0.717) is 37.3 Å². The molecule has 1 aromatic carbocycles. The van der Waals surface area contributed by atoms with Gasteiger partial charge in [0.25, 0.3) is 5.69 Å². The average molecular weight is 334 g/mol. The van der Waals surface area contributed by atoms with Crippen molar-refractivity contribution in [1.82, 2.24) is 10.2 Å². The number of nitrogens with one attached hydrogen (secondary N) is 2. The number of hydrogen-bond donors (Lipinski definition) is 3. The zero-order valence-corrected chi connectivity index (χ0v) is 14.1. The average Bonchev–Trinajstić information content (AvgIpc) is 3.04. The number of likely N-dealkylation sites (tertiary alicyclic amines) is 1. The number of benzene rings is 1. The smallest absolute Gasteiger partial charge is 0.292 e. The Kier molecular flexibility index (Phi) is 6.80. The fourth-order valence-electron chi connectivity index (χ4n) is 2.95. The first-order chi connectivity index (χ1) is 11.6. The number of nitro groups is 1. The van der Waals surface area contributed by atoms with Crippen molar-refractivity contribution in [3.63, 3.8) is 0 Å². The lowest BCUT2D eigenvalue weighted by Gasteiger charge is -2.21. The van der Waals surface area contributed by atoms with Gasteiger partial charge in [0.2, 0.25) is 0 Å². The highest BCUT2D eigenvalue weighted by Crippen LogP contribution is 2.22. The van der Waals surface area contributed by atoms with Gasteiger partial charge in [-0.2, -0.15) is 0 Å². The second kappa shape index (κ2) is 9.07. The summed E-state index contributed by atoms with van der Waals surface area (Å²) in [7, 11) is 0. The number of hydrogen-bond acceptors (Lipinski definition) is 5. The normalized spacial score (nSPS) is 18.5. The molecule has 1 aliphatic rings. The summed E-state index contributed by atoms with van der Waals surface area (Å²) in [4.78, 5) is 17.4. The molecule has 1 unspecified atom stereocenters. The molecule has 0 amide bonds. The molecule has 0 spiro atoms. The molecule has 0 bridgehead atoms. The highest BCUT2D eigenvalue weighted by molar-refractivity contribution is 5.77. The monoisotopic (exact) mass is 334 g/mol. The van der Waals surface area contributed by atoms with Gasteiger partial charge in [0.1, 0.15) is 5.69 Å². The van der Waals surface area contributed by atoms with E-state index in [2.05, 4.69) is 27.4 Å². The van der Waals surface area contributed by atoms with Crippen LogP contribution in [0.5, 0.6) is 0 Å². The number of nitrogens with two attached hydrogens (primary N) is 1. The molecule has 1 aromatic rings. The van der Waals surface area contributed by atoms with Gasteiger partial charge in [-0.3, -0.25) is 20.0 Å². The first-order valence-corrected chi connectivity index (χ1v) is 8.37. The third-order valence-electron chi connectivity index (χ3n) is 4.22. The molecule has 1 heterocycles. The Hall–Kier alpha value is -2.35. The predicted molar refractivity (Wildman–Crippen MR) is 96.3 cm³/mol. The molecule has 0 aliphatic carbocycles. The summed E-state index contributed by atoms with van der Waals surface area (Å²) in [6.45, 7) is 6.13. The van der Waals surface area contributed by atoms with Crippen LogP contribution >= 0.6 is 0 Å². The Morgan fingerprint density at radius 1 is 1.46 bits per heavy atom. The Balaban J connectivity index is 1.72. The minimum absolute atomic E-state index is 0.0695. The van der Waals surface area contributed by atoms with Crippen molar-refractivity contribution in [2.24, 2.45) is 10.7 Å². The number of aliphatic imine (C=N–C) groups is 1. The van der Waals surface area contributed by atoms with Gasteiger partial charge in [-0.05, 0) is 32.0 Å². The van der Waals surface area contributed by atoms with Crippen LogP contribution in [0.2, 0.25) is 0 Å². The van der Waals surface area contributed by atoms with Crippen LogP contribution in [0.4, 0.5) is 11.4 Å². The maximum absolute atomic E-state index is 10.9. The summed E-state index contributed by atoms with van der Waals surface area (Å²) >= 11 is 0. The van der Waals surface area contributed by atoms with Gasteiger partial charge in [-0.25, -0.2) is 0 Å². The van der Waals surface area contributed by atoms with Crippen molar-refractivity contribution in [2.75, 3.05) is 38.0 Å². The lowest BCUT2D eigenvalue weighted by atomic mass is 10.2. The van der Waals surface area contributed by atoms with Crippen molar-refractivity contribution in [3.05, 3.63) is 34.4 Å². The lowest BCUT2D eigenvalue weighted by molar-refractivity contribution is -0.384. The van der Waals surface area contributed by atoms with Crippen molar-refractivity contribution in [1.29, 1.82) is 0 Å². The van der Waals surface area contributed by atoms with E-state index >= 15 is 0 Å². The van der Waals surface area contributed by atoms with Gasteiger partial charge in [0.05, 0.1) is 11.5 Å². The van der Waals surface area contributed by atoms with Gasteiger partial charge in [-0.1, -0.05) is 19.1 Å². The highest BCUT2D eigenvalue weighted by atomic mass is 16.6. The van der Waals surface area contributed by atoms with Crippen molar-refractivity contribution >= 4 is 17.3 Å². The topological polar surface area (TPSA) is 109 Å². The number of guanidine groups is 1. The third kappa shape index (κ3) is 5.09.